The number of rotatable bonds is 3. The lowest BCUT2D eigenvalue weighted by molar-refractivity contribution is 0.188. The molecule has 3 rings (SSSR count). The predicted molar refractivity (Wildman–Crippen MR) is 87.6 cm³/mol. The molecule has 112 valence electrons. The van der Waals surface area contributed by atoms with E-state index < -0.39 is 0 Å². The van der Waals surface area contributed by atoms with E-state index in [1.54, 1.807) is 0 Å². The number of benzene rings is 1. The van der Waals surface area contributed by atoms with Gasteiger partial charge in [-0.05, 0) is 43.9 Å². The van der Waals surface area contributed by atoms with Gasteiger partial charge in [-0.25, -0.2) is 9.97 Å². The fourth-order valence-electron chi connectivity index (χ4n) is 3.07. The first-order chi connectivity index (χ1) is 10.1. The first-order valence-electron chi connectivity index (χ1n) is 7.77. The van der Waals surface area contributed by atoms with Crippen molar-refractivity contribution in [2.24, 2.45) is 5.41 Å². The maximum atomic E-state index is 4.71. The van der Waals surface area contributed by atoms with Crippen LogP contribution in [0.15, 0.2) is 24.3 Å². The Balaban J connectivity index is 1.77. The molecule has 0 saturated carbocycles. The van der Waals surface area contributed by atoms with E-state index in [-0.39, 0.29) is 0 Å². The molecule has 2 aromatic rings. The number of nitrogens with one attached hydrogen (secondary N) is 2. The van der Waals surface area contributed by atoms with Gasteiger partial charge < -0.3 is 10.6 Å². The minimum Gasteiger partial charge on any atom is -0.367 e. The van der Waals surface area contributed by atoms with Gasteiger partial charge in [0.05, 0.1) is 16.7 Å². The third-order valence-corrected chi connectivity index (χ3v) is 4.55. The number of piperidine rings is 1. The second kappa shape index (κ2) is 5.60. The van der Waals surface area contributed by atoms with Gasteiger partial charge >= 0.3 is 0 Å². The first kappa shape index (κ1) is 14.3. The Kier molecular flexibility index (Phi) is 3.81. The van der Waals surface area contributed by atoms with E-state index in [0.717, 1.165) is 35.6 Å². The second-order valence-electron chi connectivity index (χ2n) is 6.63. The zero-order chi connectivity index (χ0) is 14.9. The minimum atomic E-state index is 0.323. The summed E-state index contributed by atoms with van der Waals surface area (Å²) < 4.78 is 0. The molecule has 1 saturated heterocycles. The Morgan fingerprint density at radius 2 is 1.95 bits per heavy atom. The third-order valence-electron chi connectivity index (χ3n) is 4.55. The van der Waals surface area contributed by atoms with Crippen LogP contribution in [0.2, 0.25) is 0 Å². The maximum absolute atomic E-state index is 4.71. The van der Waals surface area contributed by atoms with E-state index in [4.69, 9.17) is 4.98 Å². The number of para-hydroxylation sites is 2. The van der Waals surface area contributed by atoms with Gasteiger partial charge in [-0.1, -0.05) is 26.0 Å². The van der Waals surface area contributed by atoms with Crippen LogP contribution in [-0.2, 0) is 0 Å². The lowest BCUT2D eigenvalue weighted by Crippen LogP contribution is -2.50. The molecule has 2 heterocycles. The average molecular weight is 284 g/mol. The molecule has 0 amide bonds. The van der Waals surface area contributed by atoms with Crippen LogP contribution in [0.4, 0.5) is 5.82 Å². The summed E-state index contributed by atoms with van der Waals surface area (Å²) in [4.78, 5) is 9.34. The number of fused-ring (bicyclic) bond motifs is 1. The van der Waals surface area contributed by atoms with E-state index in [2.05, 4.69) is 29.5 Å². The molecule has 0 bridgehead atoms. The average Bonchev–Trinajstić information content (AvgIpc) is 2.46. The van der Waals surface area contributed by atoms with Crippen molar-refractivity contribution < 1.29 is 0 Å². The van der Waals surface area contributed by atoms with Crippen molar-refractivity contribution in [1.82, 2.24) is 15.3 Å². The fraction of sp³-hybridized carbons (Fsp3) is 0.529. The van der Waals surface area contributed by atoms with Gasteiger partial charge in [-0.15, -0.1) is 0 Å². The summed E-state index contributed by atoms with van der Waals surface area (Å²) in [6, 6.07) is 8.49. The molecule has 1 aromatic carbocycles. The molecule has 1 fully saturated rings. The molecule has 0 radical (unpaired) electrons. The van der Waals surface area contributed by atoms with Crippen LogP contribution in [0.25, 0.3) is 11.0 Å². The quantitative estimate of drug-likeness (QED) is 0.909. The van der Waals surface area contributed by atoms with Gasteiger partial charge in [-0.3, -0.25) is 0 Å². The van der Waals surface area contributed by atoms with Gasteiger partial charge in [-0.2, -0.15) is 0 Å². The van der Waals surface area contributed by atoms with Crippen LogP contribution in [0.3, 0.4) is 0 Å². The third kappa shape index (κ3) is 3.00. The summed E-state index contributed by atoms with van der Waals surface area (Å²) in [5.41, 5.74) is 3.18. The zero-order valence-corrected chi connectivity index (χ0v) is 13.1. The normalized spacial score (nSPS) is 21.4. The molecule has 1 aromatic heterocycles. The van der Waals surface area contributed by atoms with Crippen molar-refractivity contribution in [1.29, 1.82) is 0 Å². The zero-order valence-electron chi connectivity index (χ0n) is 13.1. The number of aryl methyl sites for hydroxylation is 1. The van der Waals surface area contributed by atoms with Gasteiger partial charge in [0.1, 0.15) is 5.82 Å². The first-order valence-corrected chi connectivity index (χ1v) is 7.77. The Labute approximate surface area is 126 Å². The van der Waals surface area contributed by atoms with Crippen molar-refractivity contribution >= 4 is 16.9 Å². The van der Waals surface area contributed by atoms with E-state index in [1.165, 1.54) is 12.8 Å². The van der Waals surface area contributed by atoms with Crippen LogP contribution in [0.5, 0.6) is 0 Å². The van der Waals surface area contributed by atoms with Gasteiger partial charge in [0.2, 0.25) is 0 Å². The fourth-order valence-corrected chi connectivity index (χ4v) is 3.07. The Bertz CT molecular complexity index is 636. The summed E-state index contributed by atoms with van der Waals surface area (Å²) >= 11 is 0. The number of hydrogen-bond donors (Lipinski definition) is 2. The second-order valence-corrected chi connectivity index (χ2v) is 6.63. The highest BCUT2D eigenvalue weighted by atomic mass is 15.1. The van der Waals surface area contributed by atoms with Crippen LogP contribution in [0.1, 0.15) is 32.4 Å². The highest BCUT2D eigenvalue weighted by Gasteiger charge is 2.31. The van der Waals surface area contributed by atoms with Crippen LogP contribution < -0.4 is 10.6 Å². The molecule has 2 N–H and O–H groups in total. The van der Waals surface area contributed by atoms with Crippen LogP contribution in [0, 0.1) is 12.3 Å². The Morgan fingerprint density at radius 1 is 1.24 bits per heavy atom. The molecule has 4 nitrogen and oxygen atoms in total. The topological polar surface area (TPSA) is 49.8 Å². The van der Waals surface area contributed by atoms with Gasteiger partial charge in [0.15, 0.2) is 0 Å². The molecule has 1 aliphatic rings. The number of aromatic nitrogens is 2. The molecule has 1 aliphatic heterocycles. The highest BCUT2D eigenvalue weighted by molar-refractivity contribution is 5.76. The summed E-state index contributed by atoms with van der Waals surface area (Å²) in [7, 11) is 0. The van der Waals surface area contributed by atoms with Crippen LogP contribution in [-0.4, -0.2) is 29.1 Å². The molecule has 0 aliphatic carbocycles. The largest absolute Gasteiger partial charge is 0.367 e. The van der Waals surface area contributed by atoms with Crippen molar-refractivity contribution in [2.45, 2.75) is 39.7 Å². The van der Waals surface area contributed by atoms with Crippen molar-refractivity contribution in [3.8, 4) is 0 Å². The lowest BCUT2D eigenvalue weighted by Gasteiger charge is -2.39. The number of nitrogens with zero attached hydrogens (tertiary/aromatic N) is 2. The summed E-state index contributed by atoms with van der Waals surface area (Å²) in [5, 5.41) is 7.12. The summed E-state index contributed by atoms with van der Waals surface area (Å²) in [5.74, 6) is 0.900. The highest BCUT2D eigenvalue weighted by Crippen LogP contribution is 2.30. The van der Waals surface area contributed by atoms with E-state index in [9.17, 15) is 0 Å². The Hall–Kier alpha value is -1.68. The van der Waals surface area contributed by atoms with Crippen molar-refractivity contribution in [2.75, 3.05) is 18.4 Å². The molecule has 0 spiro atoms. The van der Waals surface area contributed by atoms with Crippen LogP contribution >= 0.6 is 0 Å². The summed E-state index contributed by atoms with van der Waals surface area (Å²) in [6.45, 7) is 8.69. The molecular formula is C17H24N4. The minimum absolute atomic E-state index is 0.323. The van der Waals surface area contributed by atoms with E-state index >= 15 is 0 Å². The molecule has 4 heteroatoms. The SMILES string of the molecule is Cc1nc2ccccc2nc1NCC1NCCCC1(C)C. The van der Waals surface area contributed by atoms with Crippen molar-refractivity contribution in [3.63, 3.8) is 0 Å². The molecule has 21 heavy (non-hydrogen) atoms. The molecule has 1 unspecified atom stereocenters. The van der Waals surface area contributed by atoms with Gasteiger partial charge in [0, 0.05) is 12.6 Å². The standard InChI is InChI=1S/C17H24N4/c1-12-16(21-14-8-5-4-7-13(14)20-12)19-11-15-17(2,3)9-6-10-18-15/h4-5,7-8,15,18H,6,9-11H2,1-3H3,(H,19,21). The Morgan fingerprint density at radius 3 is 2.67 bits per heavy atom. The smallest absolute Gasteiger partial charge is 0.148 e. The lowest BCUT2D eigenvalue weighted by atomic mass is 9.77. The summed E-state index contributed by atoms with van der Waals surface area (Å²) in [6.07, 6.45) is 2.53. The van der Waals surface area contributed by atoms with Crippen molar-refractivity contribution in [3.05, 3.63) is 30.0 Å². The van der Waals surface area contributed by atoms with E-state index in [1.807, 2.05) is 31.2 Å². The van der Waals surface area contributed by atoms with Gasteiger partial charge in [0.25, 0.3) is 0 Å². The molecular weight excluding hydrogens is 260 g/mol. The maximum Gasteiger partial charge on any atom is 0.148 e. The number of anilines is 1. The number of hydrogen-bond acceptors (Lipinski definition) is 4. The molecule has 1 atom stereocenters. The van der Waals surface area contributed by atoms with E-state index in [0.29, 0.717) is 11.5 Å². The monoisotopic (exact) mass is 284 g/mol. The predicted octanol–water partition coefficient (Wildman–Crippen LogP) is 3.13.